The van der Waals surface area contributed by atoms with Gasteiger partial charge in [-0.1, -0.05) is 32.9 Å². The molecule has 0 fully saturated rings. The Balaban J connectivity index is 1.99. The van der Waals surface area contributed by atoms with Crippen LogP contribution in [0.5, 0.6) is 17.2 Å². The van der Waals surface area contributed by atoms with Crippen LogP contribution in [0, 0.1) is 11.2 Å². The summed E-state index contributed by atoms with van der Waals surface area (Å²) in [5.41, 5.74) is 1.64. The summed E-state index contributed by atoms with van der Waals surface area (Å²) >= 11 is 0. The molecule has 0 unspecified atom stereocenters. The molecule has 0 heterocycles. The first-order valence-electron chi connectivity index (χ1n) is 10.6. The van der Waals surface area contributed by atoms with Crippen molar-refractivity contribution in [2.75, 3.05) is 14.2 Å². The van der Waals surface area contributed by atoms with Gasteiger partial charge in [0.15, 0.2) is 5.78 Å². The topological polar surface area (TPSA) is 44.8 Å². The number of carbonyl (C=O) groups excluding carboxylic acids is 1. The van der Waals surface area contributed by atoms with Crippen LogP contribution in [0.25, 0.3) is 11.1 Å². The van der Waals surface area contributed by atoms with Gasteiger partial charge in [0, 0.05) is 16.5 Å². The first-order chi connectivity index (χ1) is 15.3. The number of ketones is 1. The average molecular weight is 437 g/mol. The van der Waals surface area contributed by atoms with E-state index in [1.165, 1.54) is 13.2 Å². The summed E-state index contributed by atoms with van der Waals surface area (Å²) in [7, 11) is 3.15. The number of hydrogen-bond acceptors (Lipinski definition) is 4. The predicted octanol–water partition coefficient (Wildman–Crippen LogP) is 6.71. The minimum atomic E-state index is -0.599. The molecule has 3 aromatic carbocycles. The summed E-state index contributed by atoms with van der Waals surface area (Å²) in [5.74, 6) is 1.36. The second-order valence-electron chi connectivity index (χ2n) is 8.26. The van der Waals surface area contributed by atoms with Gasteiger partial charge in [0.25, 0.3) is 0 Å². The third kappa shape index (κ3) is 5.10. The molecule has 0 aliphatic rings. The van der Waals surface area contributed by atoms with Crippen molar-refractivity contribution in [1.82, 2.24) is 0 Å². The predicted molar refractivity (Wildman–Crippen MR) is 124 cm³/mol. The highest BCUT2D eigenvalue weighted by atomic mass is 19.1. The van der Waals surface area contributed by atoms with Gasteiger partial charge in [0.2, 0.25) is 0 Å². The molecule has 0 aliphatic carbocycles. The van der Waals surface area contributed by atoms with Crippen molar-refractivity contribution in [1.29, 1.82) is 0 Å². The van der Waals surface area contributed by atoms with Gasteiger partial charge in [0.1, 0.15) is 29.7 Å². The highest BCUT2D eigenvalue weighted by molar-refractivity contribution is 6.05. The Morgan fingerprint density at radius 1 is 0.844 bits per heavy atom. The molecular formula is C27H29FO4. The van der Waals surface area contributed by atoms with Crippen molar-refractivity contribution in [3.05, 3.63) is 77.6 Å². The number of ether oxygens (including phenoxy) is 3. The molecule has 0 atom stereocenters. The summed E-state index contributed by atoms with van der Waals surface area (Å²) in [4.78, 5) is 13.4. The Labute approximate surface area is 188 Å². The van der Waals surface area contributed by atoms with Crippen LogP contribution in [-0.4, -0.2) is 20.0 Å². The van der Waals surface area contributed by atoms with E-state index in [9.17, 15) is 9.18 Å². The summed E-state index contributed by atoms with van der Waals surface area (Å²) in [6, 6.07) is 17.3. The highest BCUT2D eigenvalue weighted by Gasteiger charge is 2.29. The van der Waals surface area contributed by atoms with Gasteiger partial charge in [-0.15, -0.1) is 0 Å². The number of hydrogen-bond donors (Lipinski definition) is 0. The van der Waals surface area contributed by atoms with Gasteiger partial charge < -0.3 is 14.2 Å². The molecule has 0 bridgehead atoms. The van der Waals surface area contributed by atoms with Crippen LogP contribution in [0.15, 0.2) is 60.7 Å². The van der Waals surface area contributed by atoms with Gasteiger partial charge >= 0.3 is 0 Å². The van der Waals surface area contributed by atoms with Gasteiger partial charge in [-0.2, -0.15) is 0 Å². The standard InChI is InChI=1S/C27H29FO4/c1-6-27(2,3)26(29)24-16-21(32-17-18-7-9-19(30-4)10-8-18)11-13-22(24)23-15-20(31-5)12-14-25(23)28/h7-16H,6,17H2,1-5H3. The second-order valence-corrected chi connectivity index (χ2v) is 8.26. The number of methoxy groups -OCH3 is 2. The fourth-order valence-corrected chi connectivity index (χ4v) is 3.29. The lowest BCUT2D eigenvalue weighted by atomic mass is 9.79. The van der Waals surface area contributed by atoms with Crippen LogP contribution in [-0.2, 0) is 6.61 Å². The number of halogens is 1. The second kappa shape index (κ2) is 9.86. The van der Waals surface area contributed by atoms with E-state index in [0.717, 1.165) is 11.3 Å². The Morgan fingerprint density at radius 3 is 2.09 bits per heavy atom. The Kier molecular flexibility index (Phi) is 7.18. The van der Waals surface area contributed by atoms with Crippen LogP contribution in [0.1, 0.15) is 43.1 Å². The van der Waals surface area contributed by atoms with E-state index in [0.29, 0.717) is 41.2 Å². The van der Waals surface area contributed by atoms with Gasteiger partial charge in [-0.05, 0) is 66.1 Å². The van der Waals surface area contributed by atoms with E-state index in [-0.39, 0.29) is 5.78 Å². The van der Waals surface area contributed by atoms with Crippen LogP contribution in [0.3, 0.4) is 0 Å². The van der Waals surface area contributed by atoms with E-state index in [4.69, 9.17) is 14.2 Å². The summed E-state index contributed by atoms with van der Waals surface area (Å²) in [6.45, 7) is 6.09. The lowest BCUT2D eigenvalue weighted by Gasteiger charge is -2.23. The maximum Gasteiger partial charge on any atom is 0.169 e. The molecule has 32 heavy (non-hydrogen) atoms. The Hall–Kier alpha value is -3.34. The molecule has 4 nitrogen and oxygen atoms in total. The van der Waals surface area contributed by atoms with Crippen LogP contribution < -0.4 is 14.2 Å². The normalized spacial score (nSPS) is 11.2. The molecule has 3 aromatic rings. The molecule has 0 aliphatic heterocycles. The average Bonchev–Trinajstić information content (AvgIpc) is 2.82. The van der Waals surface area contributed by atoms with Crippen LogP contribution >= 0.6 is 0 Å². The maximum atomic E-state index is 14.7. The summed E-state index contributed by atoms with van der Waals surface area (Å²) in [6.07, 6.45) is 0.656. The van der Waals surface area contributed by atoms with E-state index in [2.05, 4.69) is 0 Å². The van der Waals surface area contributed by atoms with Gasteiger partial charge in [0.05, 0.1) is 14.2 Å². The molecule has 0 amide bonds. The molecule has 0 spiro atoms. The molecule has 168 valence electrons. The Morgan fingerprint density at radius 2 is 1.47 bits per heavy atom. The third-order valence-electron chi connectivity index (χ3n) is 5.76. The van der Waals surface area contributed by atoms with E-state index < -0.39 is 11.2 Å². The molecule has 0 N–H and O–H groups in total. The lowest BCUT2D eigenvalue weighted by molar-refractivity contribution is 0.0833. The van der Waals surface area contributed by atoms with E-state index in [1.807, 2.05) is 45.0 Å². The van der Waals surface area contributed by atoms with Crippen molar-refractivity contribution in [3.8, 4) is 28.4 Å². The highest BCUT2D eigenvalue weighted by Crippen LogP contribution is 2.36. The minimum absolute atomic E-state index is 0.0629. The van der Waals surface area contributed by atoms with Crippen molar-refractivity contribution < 1.29 is 23.4 Å². The zero-order valence-electron chi connectivity index (χ0n) is 19.2. The van der Waals surface area contributed by atoms with Crippen molar-refractivity contribution in [2.24, 2.45) is 5.41 Å². The monoisotopic (exact) mass is 436 g/mol. The number of rotatable bonds is 9. The molecule has 3 rings (SSSR count). The maximum absolute atomic E-state index is 14.7. The zero-order chi connectivity index (χ0) is 23.3. The zero-order valence-corrected chi connectivity index (χ0v) is 19.2. The SMILES string of the molecule is CCC(C)(C)C(=O)c1cc(OCc2ccc(OC)cc2)ccc1-c1cc(OC)ccc1F. The van der Waals surface area contributed by atoms with Crippen LogP contribution in [0.4, 0.5) is 4.39 Å². The van der Waals surface area contributed by atoms with Crippen LogP contribution in [0.2, 0.25) is 0 Å². The van der Waals surface area contributed by atoms with Gasteiger partial charge in [-0.25, -0.2) is 4.39 Å². The molecule has 0 saturated carbocycles. The molecule has 0 radical (unpaired) electrons. The van der Waals surface area contributed by atoms with Gasteiger partial charge in [-0.3, -0.25) is 4.79 Å². The van der Waals surface area contributed by atoms with Crippen molar-refractivity contribution >= 4 is 5.78 Å². The van der Waals surface area contributed by atoms with Crippen molar-refractivity contribution in [3.63, 3.8) is 0 Å². The smallest absolute Gasteiger partial charge is 0.169 e. The van der Waals surface area contributed by atoms with Crippen molar-refractivity contribution in [2.45, 2.75) is 33.8 Å². The van der Waals surface area contributed by atoms with E-state index >= 15 is 0 Å². The number of carbonyl (C=O) groups is 1. The fourth-order valence-electron chi connectivity index (χ4n) is 3.29. The van der Waals surface area contributed by atoms with E-state index in [1.54, 1.807) is 37.4 Å². The summed E-state index contributed by atoms with van der Waals surface area (Å²) < 4.78 is 31.1. The first kappa shape index (κ1) is 23.3. The molecule has 5 heteroatoms. The third-order valence-corrected chi connectivity index (χ3v) is 5.76. The lowest BCUT2D eigenvalue weighted by Crippen LogP contribution is -2.24. The fraction of sp³-hybridized carbons (Fsp3) is 0.296. The first-order valence-corrected chi connectivity index (χ1v) is 10.6. The molecule has 0 aromatic heterocycles. The quantitative estimate of drug-likeness (QED) is 0.350. The Bertz CT molecular complexity index is 1090. The molecular weight excluding hydrogens is 407 g/mol. The number of Topliss-reactive ketones (excluding diaryl/α,β-unsaturated/α-hetero) is 1. The molecule has 0 saturated heterocycles. The largest absolute Gasteiger partial charge is 0.497 e. The summed E-state index contributed by atoms with van der Waals surface area (Å²) in [5, 5.41) is 0. The minimum Gasteiger partial charge on any atom is -0.497 e. The number of benzene rings is 3.